The van der Waals surface area contributed by atoms with E-state index in [0.29, 0.717) is 32.6 Å². The van der Waals surface area contributed by atoms with E-state index in [-0.39, 0.29) is 18.3 Å². The molecule has 0 amide bonds. The Kier molecular flexibility index (Phi) is 8.56. The van der Waals surface area contributed by atoms with Gasteiger partial charge in [0.15, 0.2) is 6.61 Å². The summed E-state index contributed by atoms with van der Waals surface area (Å²) < 4.78 is 35.2. The number of hydrogen-bond acceptors (Lipinski definition) is 4. The lowest BCUT2D eigenvalue weighted by atomic mass is 9.95. The fraction of sp³-hybridized carbons (Fsp3) is 0.875. The van der Waals surface area contributed by atoms with Crippen molar-refractivity contribution in [2.75, 3.05) is 6.61 Å². The molecule has 0 fully saturated rings. The lowest BCUT2D eigenvalue weighted by molar-refractivity contribution is -0.164. The van der Waals surface area contributed by atoms with Crippen molar-refractivity contribution in [2.24, 2.45) is 5.92 Å². The van der Waals surface area contributed by atoms with E-state index >= 15 is 0 Å². The van der Waals surface area contributed by atoms with Gasteiger partial charge in [-0.3, -0.25) is 9.59 Å². The lowest BCUT2D eigenvalue weighted by Gasteiger charge is -2.29. The van der Waals surface area contributed by atoms with E-state index in [9.17, 15) is 18.4 Å². The van der Waals surface area contributed by atoms with Crippen LogP contribution in [0.15, 0.2) is 0 Å². The maximum absolute atomic E-state index is 12.6. The molecule has 0 aliphatic carbocycles. The van der Waals surface area contributed by atoms with Crippen LogP contribution in [-0.2, 0) is 19.1 Å². The Morgan fingerprint density at radius 1 is 1.18 bits per heavy atom. The third-order valence-corrected chi connectivity index (χ3v) is 3.68. The molecule has 0 heterocycles. The van der Waals surface area contributed by atoms with Crippen LogP contribution in [0.3, 0.4) is 0 Å². The van der Waals surface area contributed by atoms with Gasteiger partial charge in [0.25, 0.3) is 5.92 Å². The van der Waals surface area contributed by atoms with Gasteiger partial charge in [-0.25, -0.2) is 8.78 Å². The van der Waals surface area contributed by atoms with E-state index in [1.807, 2.05) is 20.8 Å². The Morgan fingerprint density at radius 2 is 1.77 bits per heavy atom. The van der Waals surface area contributed by atoms with Crippen molar-refractivity contribution >= 4 is 11.9 Å². The Balaban J connectivity index is 4.23. The number of ether oxygens (including phenoxy) is 2. The molecule has 0 N–H and O–H groups in total. The van der Waals surface area contributed by atoms with Gasteiger partial charge in [-0.15, -0.1) is 0 Å². The highest BCUT2D eigenvalue weighted by atomic mass is 19.3. The SMILES string of the molecule is CCC(C)C(=O)OC(C)(CC)CCCC(=O)OCC(C)(F)F. The zero-order chi connectivity index (χ0) is 17.4. The molecule has 130 valence electrons. The minimum atomic E-state index is -3.01. The standard InChI is InChI=1S/C16H28F2O4/c1-6-12(3)14(20)22-15(4,7-2)10-8-9-13(19)21-11-16(5,17)18/h12H,6-11H2,1-5H3. The third kappa shape index (κ3) is 8.95. The van der Waals surface area contributed by atoms with Crippen molar-refractivity contribution in [1.29, 1.82) is 0 Å². The maximum Gasteiger partial charge on any atom is 0.309 e. The molecule has 0 rings (SSSR count). The highest BCUT2D eigenvalue weighted by molar-refractivity contribution is 5.72. The van der Waals surface area contributed by atoms with Gasteiger partial charge < -0.3 is 9.47 Å². The van der Waals surface area contributed by atoms with Gasteiger partial charge in [-0.2, -0.15) is 0 Å². The first-order chi connectivity index (χ1) is 10.0. The number of hydrogen-bond donors (Lipinski definition) is 0. The van der Waals surface area contributed by atoms with E-state index < -0.39 is 24.1 Å². The molecule has 6 heteroatoms. The average Bonchev–Trinajstić information content (AvgIpc) is 2.43. The molecule has 4 nitrogen and oxygen atoms in total. The largest absolute Gasteiger partial charge is 0.459 e. The van der Waals surface area contributed by atoms with E-state index in [1.165, 1.54) is 0 Å². The summed E-state index contributed by atoms with van der Waals surface area (Å²) in [5.41, 5.74) is -0.643. The first-order valence-electron chi connectivity index (χ1n) is 7.79. The summed E-state index contributed by atoms with van der Waals surface area (Å²) in [6.45, 7) is 7.23. The summed E-state index contributed by atoms with van der Waals surface area (Å²) in [5, 5.41) is 0. The zero-order valence-corrected chi connectivity index (χ0v) is 14.2. The van der Waals surface area contributed by atoms with Gasteiger partial charge in [0.05, 0.1) is 5.92 Å². The molecule has 0 spiro atoms. The molecular formula is C16H28F2O4. The normalized spacial score (nSPS) is 15.8. The van der Waals surface area contributed by atoms with Crippen molar-refractivity contribution in [1.82, 2.24) is 0 Å². The topological polar surface area (TPSA) is 52.6 Å². The quantitative estimate of drug-likeness (QED) is 0.568. The van der Waals surface area contributed by atoms with Gasteiger partial charge in [-0.05, 0) is 32.6 Å². The van der Waals surface area contributed by atoms with Gasteiger partial charge in [0.1, 0.15) is 5.60 Å². The predicted octanol–water partition coefficient (Wildman–Crippen LogP) is 4.11. The van der Waals surface area contributed by atoms with E-state index in [4.69, 9.17) is 4.74 Å². The highest BCUT2D eigenvalue weighted by Crippen LogP contribution is 2.25. The zero-order valence-electron chi connectivity index (χ0n) is 14.2. The summed E-state index contributed by atoms with van der Waals surface area (Å²) in [7, 11) is 0. The van der Waals surface area contributed by atoms with Crippen molar-refractivity contribution < 1.29 is 27.8 Å². The van der Waals surface area contributed by atoms with Crippen molar-refractivity contribution in [3.8, 4) is 0 Å². The number of rotatable bonds is 10. The Bertz CT molecular complexity index is 366. The monoisotopic (exact) mass is 322 g/mol. The number of carbonyl (C=O) groups is 2. The third-order valence-electron chi connectivity index (χ3n) is 3.68. The van der Waals surface area contributed by atoms with Crippen LogP contribution >= 0.6 is 0 Å². The summed E-state index contributed by atoms with van der Waals surface area (Å²) in [4.78, 5) is 23.2. The fourth-order valence-corrected chi connectivity index (χ4v) is 1.70. The molecule has 0 aromatic rings. The minimum Gasteiger partial charge on any atom is -0.459 e. The number of halogens is 2. The summed E-state index contributed by atoms with van der Waals surface area (Å²) >= 11 is 0. The molecule has 0 aliphatic heterocycles. The van der Waals surface area contributed by atoms with Gasteiger partial charge >= 0.3 is 11.9 Å². The summed E-state index contributed by atoms with van der Waals surface area (Å²) in [5.74, 6) is -4.09. The van der Waals surface area contributed by atoms with Gasteiger partial charge in [-0.1, -0.05) is 20.8 Å². The van der Waals surface area contributed by atoms with E-state index in [1.54, 1.807) is 6.92 Å². The van der Waals surface area contributed by atoms with Crippen LogP contribution < -0.4 is 0 Å². The molecular weight excluding hydrogens is 294 g/mol. The van der Waals surface area contributed by atoms with Crippen LogP contribution in [0.1, 0.15) is 66.7 Å². The first kappa shape index (κ1) is 20.8. The number of alkyl halides is 2. The average molecular weight is 322 g/mol. The van der Waals surface area contributed by atoms with E-state index in [2.05, 4.69) is 4.74 Å². The molecule has 22 heavy (non-hydrogen) atoms. The number of carbonyl (C=O) groups excluding carboxylic acids is 2. The molecule has 0 aromatic heterocycles. The second-order valence-corrected chi connectivity index (χ2v) is 6.12. The molecule has 0 radical (unpaired) electrons. The first-order valence-corrected chi connectivity index (χ1v) is 7.79. The highest BCUT2D eigenvalue weighted by Gasteiger charge is 2.29. The smallest absolute Gasteiger partial charge is 0.309 e. The molecule has 2 unspecified atom stereocenters. The molecule has 2 atom stereocenters. The van der Waals surface area contributed by atoms with Crippen LogP contribution in [0.2, 0.25) is 0 Å². The summed E-state index contributed by atoms with van der Waals surface area (Å²) in [6.07, 6.45) is 2.27. The lowest BCUT2D eigenvalue weighted by Crippen LogP contribution is -2.33. The van der Waals surface area contributed by atoms with Crippen molar-refractivity contribution in [2.45, 2.75) is 78.2 Å². The molecule has 0 aromatic carbocycles. The minimum absolute atomic E-state index is 0.0343. The Morgan fingerprint density at radius 3 is 2.23 bits per heavy atom. The molecule has 0 saturated heterocycles. The number of esters is 2. The van der Waals surface area contributed by atoms with Crippen LogP contribution in [0, 0.1) is 5.92 Å². The Hall–Kier alpha value is -1.20. The maximum atomic E-state index is 12.6. The van der Waals surface area contributed by atoms with Crippen LogP contribution in [0.5, 0.6) is 0 Å². The second kappa shape index (κ2) is 9.06. The van der Waals surface area contributed by atoms with Crippen molar-refractivity contribution in [3.63, 3.8) is 0 Å². The Labute approximate surface area is 131 Å². The summed E-state index contributed by atoms with van der Waals surface area (Å²) in [6, 6.07) is 0. The molecule has 0 saturated carbocycles. The molecule has 0 aliphatic rings. The second-order valence-electron chi connectivity index (χ2n) is 6.12. The fourth-order valence-electron chi connectivity index (χ4n) is 1.70. The van der Waals surface area contributed by atoms with Crippen LogP contribution in [-0.4, -0.2) is 30.1 Å². The van der Waals surface area contributed by atoms with Crippen LogP contribution in [0.25, 0.3) is 0 Å². The van der Waals surface area contributed by atoms with Gasteiger partial charge in [0.2, 0.25) is 0 Å². The van der Waals surface area contributed by atoms with Gasteiger partial charge in [0, 0.05) is 13.3 Å². The van der Waals surface area contributed by atoms with E-state index in [0.717, 1.165) is 0 Å². The van der Waals surface area contributed by atoms with Crippen LogP contribution in [0.4, 0.5) is 8.78 Å². The van der Waals surface area contributed by atoms with Crippen molar-refractivity contribution in [3.05, 3.63) is 0 Å². The molecule has 0 bridgehead atoms. The predicted molar refractivity (Wildman–Crippen MR) is 79.7 cm³/mol.